The average Bonchev–Trinajstić information content (AvgIpc) is 2.93. The molecular weight excluding hydrogens is 298 g/mol. The lowest BCUT2D eigenvalue weighted by Crippen LogP contribution is -2.37. The molecule has 5 heteroatoms. The molecule has 0 saturated carbocycles. The number of aromatic nitrogens is 2. The lowest BCUT2D eigenvalue weighted by molar-refractivity contribution is 0.0981. The van der Waals surface area contributed by atoms with Gasteiger partial charge in [-0.25, -0.2) is 4.98 Å². The number of rotatable bonds is 1. The van der Waals surface area contributed by atoms with E-state index in [1.165, 1.54) is 0 Å². The fourth-order valence-corrected chi connectivity index (χ4v) is 3.04. The van der Waals surface area contributed by atoms with Crippen molar-refractivity contribution in [1.82, 2.24) is 9.55 Å². The number of anilines is 1. The minimum atomic E-state index is -0.0343. The van der Waals surface area contributed by atoms with E-state index in [1.807, 2.05) is 24.3 Å². The van der Waals surface area contributed by atoms with E-state index in [0.29, 0.717) is 17.1 Å². The lowest BCUT2D eigenvalue weighted by atomic mass is 10.2. The van der Waals surface area contributed by atoms with E-state index in [2.05, 4.69) is 9.55 Å². The molecule has 1 amide bonds. The first kappa shape index (κ1) is 13.3. The van der Waals surface area contributed by atoms with Gasteiger partial charge in [-0.05, 0) is 42.8 Å². The smallest absolute Gasteiger partial charge is 0.260 e. The van der Waals surface area contributed by atoms with Crippen molar-refractivity contribution in [2.75, 3.05) is 11.4 Å². The number of hydrogen-bond acceptors (Lipinski definition) is 2. The van der Waals surface area contributed by atoms with Gasteiger partial charge in [0.1, 0.15) is 0 Å². The molecule has 22 heavy (non-hydrogen) atoms. The molecule has 1 aromatic heterocycles. The van der Waals surface area contributed by atoms with Crippen LogP contribution in [0.15, 0.2) is 48.5 Å². The highest BCUT2D eigenvalue weighted by atomic mass is 35.5. The quantitative estimate of drug-likeness (QED) is 0.686. The number of benzene rings is 2. The number of nitrogens with zero attached hydrogens (tertiary/aromatic N) is 3. The molecule has 0 atom stereocenters. The van der Waals surface area contributed by atoms with Crippen LogP contribution in [-0.4, -0.2) is 22.0 Å². The zero-order chi connectivity index (χ0) is 15.1. The summed E-state index contributed by atoms with van der Waals surface area (Å²) in [7, 11) is 0. The van der Waals surface area contributed by atoms with Crippen LogP contribution in [0.2, 0.25) is 5.02 Å². The van der Waals surface area contributed by atoms with Crippen LogP contribution >= 0.6 is 11.6 Å². The first-order valence-corrected chi connectivity index (χ1v) is 7.64. The summed E-state index contributed by atoms with van der Waals surface area (Å²) in [4.78, 5) is 19.2. The Labute approximate surface area is 132 Å². The van der Waals surface area contributed by atoms with Gasteiger partial charge in [-0.3, -0.25) is 9.69 Å². The third-order valence-corrected chi connectivity index (χ3v) is 4.23. The minimum Gasteiger partial charge on any atom is -0.310 e. The Morgan fingerprint density at radius 3 is 2.64 bits per heavy atom. The molecule has 0 saturated heterocycles. The van der Waals surface area contributed by atoms with Crippen LogP contribution in [-0.2, 0) is 6.54 Å². The van der Waals surface area contributed by atoms with E-state index in [-0.39, 0.29) is 5.91 Å². The summed E-state index contributed by atoms with van der Waals surface area (Å²) in [6.07, 6.45) is 0.923. The van der Waals surface area contributed by atoms with Crippen molar-refractivity contribution in [3.63, 3.8) is 0 Å². The van der Waals surface area contributed by atoms with Crippen LogP contribution in [0.3, 0.4) is 0 Å². The van der Waals surface area contributed by atoms with Gasteiger partial charge in [0.2, 0.25) is 5.95 Å². The maximum atomic E-state index is 12.8. The van der Waals surface area contributed by atoms with Crippen molar-refractivity contribution in [3.05, 3.63) is 59.1 Å². The van der Waals surface area contributed by atoms with Crippen LogP contribution in [0.5, 0.6) is 0 Å². The van der Waals surface area contributed by atoms with Gasteiger partial charge >= 0.3 is 0 Å². The zero-order valence-electron chi connectivity index (χ0n) is 11.9. The lowest BCUT2D eigenvalue weighted by Gasteiger charge is -2.27. The first-order valence-electron chi connectivity index (χ1n) is 7.27. The molecule has 2 aromatic carbocycles. The number of halogens is 1. The van der Waals surface area contributed by atoms with Gasteiger partial charge in [-0.1, -0.05) is 23.7 Å². The molecule has 3 aromatic rings. The van der Waals surface area contributed by atoms with E-state index in [1.54, 1.807) is 29.2 Å². The summed E-state index contributed by atoms with van der Waals surface area (Å²) >= 11 is 5.90. The van der Waals surface area contributed by atoms with Crippen molar-refractivity contribution in [2.45, 2.75) is 13.0 Å². The van der Waals surface area contributed by atoms with Gasteiger partial charge in [-0.2, -0.15) is 0 Å². The van der Waals surface area contributed by atoms with Crippen LogP contribution in [0.25, 0.3) is 11.0 Å². The number of fused-ring (bicyclic) bond motifs is 3. The summed E-state index contributed by atoms with van der Waals surface area (Å²) < 4.78 is 2.12. The third-order valence-electron chi connectivity index (χ3n) is 3.98. The van der Waals surface area contributed by atoms with Gasteiger partial charge < -0.3 is 4.57 Å². The Balaban J connectivity index is 1.79. The molecule has 0 aliphatic carbocycles. The standard InChI is InChI=1S/C17H14ClN3O/c18-13-8-6-12(7-9-13)16(22)21-11-3-10-20-15-5-2-1-4-14(15)19-17(20)21/h1-2,4-9H,3,10-11H2. The van der Waals surface area contributed by atoms with E-state index in [4.69, 9.17) is 11.6 Å². The topological polar surface area (TPSA) is 38.1 Å². The third kappa shape index (κ3) is 2.07. The molecular formula is C17H14ClN3O. The SMILES string of the molecule is O=C(c1ccc(Cl)cc1)N1CCCn2c1nc1ccccc12. The highest BCUT2D eigenvalue weighted by molar-refractivity contribution is 6.30. The van der Waals surface area contributed by atoms with Gasteiger partial charge in [0, 0.05) is 23.7 Å². The second-order valence-electron chi connectivity index (χ2n) is 5.37. The van der Waals surface area contributed by atoms with Crippen molar-refractivity contribution in [2.24, 2.45) is 0 Å². The van der Waals surface area contributed by atoms with E-state index in [9.17, 15) is 4.79 Å². The molecule has 1 aliphatic rings. The first-order chi connectivity index (χ1) is 10.7. The number of hydrogen-bond donors (Lipinski definition) is 0. The number of amides is 1. The van der Waals surface area contributed by atoms with E-state index in [0.717, 1.165) is 29.9 Å². The predicted octanol–water partition coefficient (Wildman–Crippen LogP) is 3.74. The molecule has 110 valence electrons. The highest BCUT2D eigenvalue weighted by Gasteiger charge is 2.26. The molecule has 0 bridgehead atoms. The van der Waals surface area contributed by atoms with Crippen LogP contribution < -0.4 is 4.90 Å². The molecule has 0 unspecified atom stereocenters. The van der Waals surface area contributed by atoms with Crippen LogP contribution in [0.4, 0.5) is 5.95 Å². The molecule has 0 spiro atoms. The Kier molecular flexibility index (Phi) is 3.12. The minimum absolute atomic E-state index is 0.0343. The van der Waals surface area contributed by atoms with E-state index < -0.39 is 0 Å². The molecule has 0 N–H and O–H groups in total. The van der Waals surface area contributed by atoms with Crippen molar-refractivity contribution >= 4 is 34.5 Å². The number of aryl methyl sites for hydroxylation is 1. The molecule has 1 aliphatic heterocycles. The number of carbonyl (C=O) groups excluding carboxylic acids is 1. The second kappa shape index (κ2) is 5.14. The van der Waals surface area contributed by atoms with Crippen molar-refractivity contribution < 1.29 is 4.79 Å². The summed E-state index contributed by atoms with van der Waals surface area (Å²) in [6.45, 7) is 1.57. The Morgan fingerprint density at radius 2 is 1.82 bits per heavy atom. The normalized spacial score (nSPS) is 14.1. The maximum Gasteiger partial charge on any atom is 0.260 e. The van der Waals surface area contributed by atoms with Crippen LogP contribution in [0, 0.1) is 0 Å². The summed E-state index contributed by atoms with van der Waals surface area (Å²) in [5.74, 6) is 0.695. The fourth-order valence-electron chi connectivity index (χ4n) is 2.92. The molecule has 0 radical (unpaired) electrons. The fraction of sp³-hybridized carbons (Fsp3) is 0.176. The Bertz CT molecular complexity index is 854. The van der Waals surface area contributed by atoms with Crippen molar-refractivity contribution in [3.8, 4) is 0 Å². The molecule has 0 fully saturated rings. The number of imidazole rings is 1. The Morgan fingerprint density at radius 1 is 1.05 bits per heavy atom. The van der Waals surface area contributed by atoms with Gasteiger partial charge in [0.15, 0.2) is 0 Å². The predicted molar refractivity (Wildman–Crippen MR) is 87.5 cm³/mol. The largest absolute Gasteiger partial charge is 0.310 e. The highest BCUT2D eigenvalue weighted by Crippen LogP contribution is 2.27. The Hall–Kier alpha value is -2.33. The van der Waals surface area contributed by atoms with Gasteiger partial charge in [-0.15, -0.1) is 0 Å². The summed E-state index contributed by atoms with van der Waals surface area (Å²) in [5, 5.41) is 0.627. The second-order valence-corrected chi connectivity index (χ2v) is 5.81. The molecule has 4 nitrogen and oxygen atoms in total. The van der Waals surface area contributed by atoms with Gasteiger partial charge in [0.25, 0.3) is 5.91 Å². The van der Waals surface area contributed by atoms with Gasteiger partial charge in [0.05, 0.1) is 11.0 Å². The molecule has 2 heterocycles. The zero-order valence-corrected chi connectivity index (χ0v) is 12.6. The maximum absolute atomic E-state index is 12.8. The molecule has 4 rings (SSSR count). The van der Waals surface area contributed by atoms with Crippen molar-refractivity contribution in [1.29, 1.82) is 0 Å². The average molecular weight is 312 g/mol. The monoisotopic (exact) mass is 311 g/mol. The van der Waals surface area contributed by atoms with Crippen LogP contribution in [0.1, 0.15) is 16.8 Å². The number of carbonyl (C=O) groups is 1. The summed E-state index contributed by atoms with van der Waals surface area (Å²) in [6, 6.07) is 15.0. The van der Waals surface area contributed by atoms with E-state index >= 15 is 0 Å². The summed E-state index contributed by atoms with van der Waals surface area (Å²) in [5.41, 5.74) is 2.63. The number of para-hydroxylation sites is 2.